The molecule has 0 N–H and O–H groups in total. The number of esters is 1. The Morgan fingerprint density at radius 1 is 0.619 bits per heavy atom. The highest BCUT2D eigenvalue weighted by molar-refractivity contribution is 6.62. The SMILES string of the molecule is CC(=O)Oc1ccc([C@H](Cc2ccc(B3OC(C)(C)C(C)(C)O3)cc2)c2ccc(B3OC(C)(C)C(C)(C)O3)cc2)cc1. The van der Waals surface area contributed by atoms with Gasteiger partial charge < -0.3 is 23.4 Å². The molecular weight excluding hydrogens is 526 g/mol. The van der Waals surface area contributed by atoms with Gasteiger partial charge in [-0.1, -0.05) is 60.7 Å². The van der Waals surface area contributed by atoms with Crippen LogP contribution in [0.15, 0.2) is 72.8 Å². The van der Waals surface area contributed by atoms with E-state index in [0.717, 1.165) is 22.9 Å². The van der Waals surface area contributed by atoms with E-state index in [4.69, 9.17) is 23.4 Å². The quantitative estimate of drug-likeness (QED) is 0.211. The molecular formula is C34H42B2O6. The number of hydrogen-bond acceptors (Lipinski definition) is 6. The number of ether oxygens (including phenoxy) is 1. The minimum atomic E-state index is -0.409. The lowest BCUT2D eigenvalue weighted by Gasteiger charge is -2.32. The Kier molecular flexibility index (Phi) is 7.99. The normalized spacial score (nSPS) is 20.9. The molecule has 2 aliphatic rings. The van der Waals surface area contributed by atoms with Crippen molar-refractivity contribution in [3.63, 3.8) is 0 Å². The molecule has 0 unspecified atom stereocenters. The van der Waals surface area contributed by atoms with Crippen molar-refractivity contribution < 1.29 is 28.1 Å². The Bertz CT molecular complexity index is 1380. The van der Waals surface area contributed by atoms with Gasteiger partial charge in [-0.05, 0) is 102 Å². The van der Waals surface area contributed by atoms with Crippen LogP contribution in [0.3, 0.4) is 0 Å². The van der Waals surface area contributed by atoms with Crippen LogP contribution in [0, 0.1) is 0 Å². The van der Waals surface area contributed by atoms with Gasteiger partial charge in [-0.15, -0.1) is 0 Å². The van der Waals surface area contributed by atoms with Crippen LogP contribution >= 0.6 is 0 Å². The molecule has 2 fully saturated rings. The van der Waals surface area contributed by atoms with Gasteiger partial charge in [-0.3, -0.25) is 4.79 Å². The molecule has 42 heavy (non-hydrogen) atoms. The van der Waals surface area contributed by atoms with Crippen molar-refractivity contribution in [2.24, 2.45) is 0 Å². The Labute approximate surface area is 251 Å². The fourth-order valence-corrected chi connectivity index (χ4v) is 5.25. The van der Waals surface area contributed by atoms with E-state index in [0.29, 0.717) is 5.75 Å². The molecule has 6 nitrogen and oxygen atoms in total. The smallest absolute Gasteiger partial charge is 0.427 e. The topological polar surface area (TPSA) is 63.2 Å². The molecule has 0 amide bonds. The summed E-state index contributed by atoms with van der Waals surface area (Å²) in [5, 5.41) is 0. The Balaban J connectivity index is 1.39. The van der Waals surface area contributed by atoms with E-state index < -0.39 is 25.4 Å². The van der Waals surface area contributed by atoms with Crippen molar-refractivity contribution in [2.45, 2.75) is 97.1 Å². The summed E-state index contributed by atoms with van der Waals surface area (Å²) in [6.07, 6.45) is 0.784. The summed E-state index contributed by atoms with van der Waals surface area (Å²) in [5.41, 5.74) is 3.94. The molecule has 0 radical (unpaired) electrons. The fourth-order valence-electron chi connectivity index (χ4n) is 5.25. The van der Waals surface area contributed by atoms with Crippen LogP contribution in [0.4, 0.5) is 0 Å². The van der Waals surface area contributed by atoms with Crippen LogP contribution < -0.4 is 15.7 Å². The number of benzene rings is 3. The average Bonchev–Trinajstić information content (AvgIpc) is 3.27. The van der Waals surface area contributed by atoms with Crippen LogP contribution in [-0.2, 0) is 29.8 Å². The molecule has 3 aromatic rings. The summed E-state index contributed by atoms with van der Waals surface area (Å²) in [6.45, 7) is 17.9. The highest BCUT2D eigenvalue weighted by Crippen LogP contribution is 2.38. The Hall–Kier alpha value is -2.90. The predicted molar refractivity (Wildman–Crippen MR) is 168 cm³/mol. The molecule has 2 heterocycles. The zero-order valence-electron chi connectivity index (χ0n) is 26.3. The van der Waals surface area contributed by atoms with Crippen LogP contribution in [0.1, 0.15) is 84.9 Å². The molecule has 8 heteroatoms. The van der Waals surface area contributed by atoms with Gasteiger partial charge in [0.15, 0.2) is 0 Å². The van der Waals surface area contributed by atoms with Gasteiger partial charge >= 0.3 is 20.2 Å². The first-order valence-corrected chi connectivity index (χ1v) is 14.8. The van der Waals surface area contributed by atoms with E-state index in [1.807, 2.05) is 24.3 Å². The summed E-state index contributed by atoms with van der Waals surface area (Å²) in [4.78, 5) is 11.4. The number of carbonyl (C=O) groups excluding carboxylic acids is 1. The highest BCUT2D eigenvalue weighted by Gasteiger charge is 2.52. The fraction of sp³-hybridized carbons (Fsp3) is 0.441. The standard InChI is InChI=1S/C34H42B2O6/c1-23(37)38-29-20-14-26(15-21-29)30(25-12-18-28(19-13-25)36-41-33(6,7)34(8,9)42-36)22-24-10-16-27(17-11-24)35-39-31(2,3)32(4,5)40-35/h10-21,30H,22H2,1-9H3/t30-/m1/s1. The van der Waals surface area contributed by atoms with Gasteiger partial charge in [0.2, 0.25) is 0 Å². The van der Waals surface area contributed by atoms with Crippen LogP contribution in [0.2, 0.25) is 0 Å². The molecule has 0 saturated carbocycles. The number of hydrogen-bond donors (Lipinski definition) is 0. The molecule has 0 bridgehead atoms. The second-order valence-corrected chi connectivity index (χ2v) is 13.5. The van der Waals surface area contributed by atoms with Crippen molar-refractivity contribution in [3.8, 4) is 5.75 Å². The van der Waals surface area contributed by atoms with Gasteiger partial charge in [0, 0.05) is 12.8 Å². The van der Waals surface area contributed by atoms with E-state index in [1.165, 1.54) is 18.1 Å². The van der Waals surface area contributed by atoms with E-state index in [9.17, 15) is 4.79 Å². The predicted octanol–water partition coefficient (Wildman–Crippen LogP) is 5.58. The van der Waals surface area contributed by atoms with Crippen molar-refractivity contribution in [1.29, 1.82) is 0 Å². The first kappa shape index (κ1) is 30.6. The lowest BCUT2D eigenvalue weighted by atomic mass is 9.76. The zero-order chi connectivity index (χ0) is 30.5. The van der Waals surface area contributed by atoms with Crippen molar-refractivity contribution in [3.05, 3.63) is 89.5 Å². The van der Waals surface area contributed by atoms with E-state index in [1.54, 1.807) is 0 Å². The maximum absolute atomic E-state index is 11.4. The molecule has 220 valence electrons. The van der Waals surface area contributed by atoms with E-state index >= 15 is 0 Å². The summed E-state index contributed by atoms with van der Waals surface area (Å²) in [6, 6.07) is 24.8. The van der Waals surface area contributed by atoms with Crippen molar-refractivity contribution in [1.82, 2.24) is 0 Å². The maximum atomic E-state index is 11.4. The average molecular weight is 568 g/mol. The maximum Gasteiger partial charge on any atom is 0.494 e. The number of carbonyl (C=O) groups is 1. The van der Waals surface area contributed by atoms with Gasteiger partial charge in [-0.2, -0.15) is 0 Å². The number of rotatable bonds is 7. The van der Waals surface area contributed by atoms with Crippen LogP contribution in [0.25, 0.3) is 0 Å². The Morgan fingerprint density at radius 3 is 1.36 bits per heavy atom. The largest absolute Gasteiger partial charge is 0.494 e. The third-order valence-corrected chi connectivity index (χ3v) is 9.35. The molecule has 1 atom stereocenters. The van der Waals surface area contributed by atoms with E-state index in [-0.39, 0.29) is 23.1 Å². The van der Waals surface area contributed by atoms with Crippen LogP contribution in [0.5, 0.6) is 5.75 Å². The molecule has 5 rings (SSSR count). The second-order valence-electron chi connectivity index (χ2n) is 13.5. The van der Waals surface area contributed by atoms with Gasteiger partial charge in [0.05, 0.1) is 22.4 Å². The van der Waals surface area contributed by atoms with Crippen LogP contribution in [-0.4, -0.2) is 42.6 Å². The summed E-state index contributed by atoms with van der Waals surface area (Å²) in [7, 11) is -0.802. The lowest BCUT2D eigenvalue weighted by Crippen LogP contribution is -2.41. The van der Waals surface area contributed by atoms with E-state index in [2.05, 4.69) is 104 Å². The summed E-state index contributed by atoms with van der Waals surface area (Å²) >= 11 is 0. The zero-order valence-corrected chi connectivity index (χ0v) is 26.3. The molecule has 2 aliphatic heterocycles. The molecule has 0 aliphatic carbocycles. The molecule has 3 aromatic carbocycles. The Morgan fingerprint density at radius 2 is 0.976 bits per heavy atom. The summed E-state index contributed by atoms with van der Waals surface area (Å²) < 4.78 is 30.3. The molecule has 0 aromatic heterocycles. The van der Waals surface area contributed by atoms with Crippen molar-refractivity contribution in [2.75, 3.05) is 0 Å². The first-order valence-electron chi connectivity index (χ1n) is 14.8. The van der Waals surface area contributed by atoms with Gasteiger partial charge in [0.1, 0.15) is 5.75 Å². The van der Waals surface area contributed by atoms with Gasteiger partial charge in [-0.25, -0.2) is 0 Å². The second kappa shape index (κ2) is 11.0. The first-order chi connectivity index (χ1) is 19.6. The third kappa shape index (κ3) is 6.09. The third-order valence-electron chi connectivity index (χ3n) is 9.35. The minimum absolute atomic E-state index is 0.0754. The lowest BCUT2D eigenvalue weighted by molar-refractivity contribution is -0.131. The minimum Gasteiger partial charge on any atom is -0.427 e. The molecule has 0 spiro atoms. The highest BCUT2D eigenvalue weighted by atomic mass is 16.7. The monoisotopic (exact) mass is 568 g/mol. The van der Waals surface area contributed by atoms with Gasteiger partial charge in [0.25, 0.3) is 0 Å². The summed E-state index contributed by atoms with van der Waals surface area (Å²) in [5.74, 6) is 0.277. The van der Waals surface area contributed by atoms with Crippen molar-refractivity contribution >= 4 is 31.1 Å². The molecule has 2 saturated heterocycles.